The van der Waals surface area contributed by atoms with Gasteiger partial charge in [0.15, 0.2) is 11.5 Å². The van der Waals surface area contributed by atoms with E-state index in [0.29, 0.717) is 44.2 Å². The number of ether oxygens (including phenoxy) is 2. The van der Waals surface area contributed by atoms with E-state index >= 15 is 0 Å². The topological polar surface area (TPSA) is 81.9 Å². The molecule has 1 heterocycles. The monoisotopic (exact) mass is 350 g/mol. The molecule has 0 aliphatic carbocycles. The smallest absolute Gasteiger partial charge is 0.243 e. The molecular formula is C14H23ClN2O4S. The van der Waals surface area contributed by atoms with Crippen molar-refractivity contribution in [3.8, 4) is 11.5 Å². The van der Waals surface area contributed by atoms with Crippen LogP contribution in [-0.2, 0) is 10.0 Å². The number of sulfonamides is 1. The fourth-order valence-electron chi connectivity index (χ4n) is 2.31. The van der Waals surface area contributed by atoms with Crippen LogP contribution in [-0.4, -0.2) is 45.1 Å². The van der Waals surface area contributed by atoms with Gasteiger partial charge in [-0.15, -0.1) is 12.4 Å². The Labute approximate surface area is 138 Å². The summed E-state index contributed by atoms with van der Waals surface area (Å²) in [6.45, 7) is 5.47. The number of benzene rings is 1. The number of nitrogens with zero attached hydrogens (tertiary/aromatic N) is 1. The summed E-state index contributed by atoms with van der Waals surface area (Å²) in [7, 11) is -3.53. The lowest BCUT2D eigenvalue weighted by atomic mass is 10.3. The van der Waals surface area contributed by atoms with Crippen LogP contribution in [0.2, 0.25) is 0 Å². The molecule has 126 valence electrons. The van der Waals surface area contributed by atoms with Crippen LogP contribution in [0.3, 0.4) is 0 Å². The highest BCUT2D eigenvalue weighted by Gasteiger charge is 2.31. The van der Waals surface area contributed by atoms with Gasteiger partial charge in [0.25, 0.3) is 0 Å². The number of halogens is 1. The van der Waals surface area contributed by atoms with Gasteiger partial charge in [0.1, 0.15) is 0 Å². The van der Waals surface area contributed by atoms with Gasteiger partial charge >= 0.3 is 0 Å². The molecule has 0 radical (unpaired) electrons. The molecule has 1 atom stereocenters. The second kappa shape index (κ2) is 8.01. The summed E-state index contributed by atoms with van der Waals surface area (Å²) in [5.74, 6) is 1.00. The van der Waals surface area contributed by atoms with Gasteiger partial charge in [0, 0.05) is 25.2 Å². The van der Waals surface area contributed by atoms with Gasteiger partial charge in [-0.1, -0.05) is 0 Å². The van der Waals surface area contributed by atoms with Crippen LogP contribution in [0.15, 0.2) is 23.1 Å². The molecule has 2 N–H and O–H groups in total. The molecule has 0 bridgehead atoms. The molecule has 0 unspecified atom stereocenters. The number of rotatable bonds is 6. The number of hydrogen-bond donors (Lipinski definition) is 1. The van der Waals surface area contributed by atoms with Crippen molar-refractivity contribution in [2.45, 2.75) is 31.2 Å². The Balaban J connectivity index is 0.00000242. The summed E-state index contributed by atoms with van der Waals surface area (Å²) in [6.07, 6.45) is 0.689. The SMILES string of the molecule is CCOc1ccc(S(=O)(=O)N2CC[C@@H](N)C2)cc1OCC.Cl. The second-order valence-electron chi connectivity index (χ2n) is 4.89. The minimum atomic E-state index is -3.53. The normalized spacial score (nSPS) is 18.8. The molecular weight excluding hydrogens is 328 g/mol. The van der Waals surface area contributed by atoms with Crippen LogP contribution in [0.25, 0.3) is 0 Å². The molecule has 0 amide bonds. The van der Waals surface area contributed by atoms with E-state index in [9.17, 15) is 8.42 Å². The van der Waals surface area contributed by atoms with E-state index in [1.165, 1.54) is 10.4 Å². The van der Waals surface area contributed by atoms with Crippen molar-refractivity contribution >= 4 is 22.4 Å². The van der Waals surface area contributed by atoms with Gasteiger partial charge in [-0.2, -0.15) is 4.31 Å². The maximum atomic E-state index is 12.6. The minimum Gasteiger partial charge on any atom is -0.490 e. The largest absolute Gasteiger partial charge is 0.490 e. The van der Waals surface area contributed by atoms with Gasteiger partial charge in [-0.05, 0) is 32.4 Å². The predicted octanol–water partition coefficient (Wildman–Crippen LogP) is 1.63. The molecule has 1 fully saturated rings. The van der Waals surface area contributed by atoms with Gasteiger partial charge in [0.05, 0.1) is 18.1 Å². The molecule has 0 aromatic heterocycles. The van der Waals surface area contributed by atoms with Crippen molar-refractivity contribution in [1.82, 2.24) is 4.31 Å². The first-order chi connectivity index (χ1) is 9.98. The van der Waals surface area contributed by atoms with E-state index in [2.05, 4.69) is 0 Å². The molecule has 1 aliphatic rings. The Morgan fingerprint density at radius 3 is 2.41 bits per heavy atom. The van der Waals surface area contributed by atoms with E-state index in [1.54, 1.807) is 12.1 Å². The molecule has 1 aromatic carbocycles. The first-order valence-electron chi connectivity index (χ1n) is 7.14. The summed E-state index contributed by atoms with van der Waals surface area (Å²) in [6, 6.07) is 4.62. The highest BCUT2D eigenvalue weighted by atomic mass is 35.5. The van der Waals surface area contributed by atoms with Crippen LogP contribution < -0.4 is 15.2 Å². The minimum absolute atomic E-state index is 0. The number of hydrogen-bond acceptors (Lipinski definition) is 5. The second-order valence-corrected chi connectivity index (χ2v) is 6.82. The maximum Gasteiger partial charge on any atom is 0.243 e. The lowest BCUT2D eigenvalue weighted by molar-refractivity contribution is 0.287. The third-order valence-electron chi connectivity index (χ3n) is 3.34. The van der Waals surface area contributed by atoms with Gasteiger partial charge in [-0.25, -0.2) is 8.42 Å². The lowest BCUT2D eigenvalue weighted by Crippen LogP contribution is -2.32. The van der Waals surface area contributed by atoms with Crippen molar-refractivity contribution in [3.63, 3.8) is 0 Å². The van der Waals surface area contributed by atoms with Crippen molar-refractivity contribution in [2.75, 3.05) is 26.3 Å². The Morgan fingerprint density at radius 1 is 1.23 bits per heavy atom. The fraction of sp³-hybridized carbons (Fsp3) is 0.571. The Hall–Kier alpha value is -1.02. The molecule has 8 heteroatoms. The van der Waals surface area contributed by atoms with Crippen molar-refractivity contribution in [3.05, 3.63) is 18.2 Å². The Morgan fingerprint density at radius 2 is 1.86 bits per heavy atom. The highest BCUT2D eigenvalue weighted by molar-refractivity contribution is 7.89. The molecule has 2 rings (SSSR count). The number of nitrogens with two attached hydrogens (primary N) is 1. The highest BCUT2D eigenvalue weighted by Crippen LogP contribution is 2.32. The summed E-state index contributed by atoms with van der Waals surface area (Å²) in [5.41, 5.74) is 5.79. The molecule has 0 saturated carbocycles. The zero-order valence-corrected chi connectivity index (χ0v) is 14.5. The van der Waals surface area contributed by atoms with Crippen LogP contribution in [0.5, 0.6) is 11.5 Å². The molecule has 6 nitrogen and oxygen atoms in total. The third-order valence-corrected chi connectivity index (χ3v) is 5.20. The van der Waals surface area contributed by atoms with Crippen LogP contribution in [0.1, 0.15) is 20.3 Å². The van der Waals surface area contributed by atoms with Gasteiger partial charge in [-0.3, -0.25) is 0 Å². The van der Waals surface area contributed by atoms with Crippen LogP contribution >= 0.6 is 12.4 Å². The zero-order chi connectivity index (χ0) is 15.5. The van der Waals surface area contributed by atoms with E-state index in [-0.39, 0.29) is 23.3 Å². The standard InChI is InChI=1S/C14H22N2O4S.ClH/c1-3-19-13-6-5-12(9-14(13)20-4-2)21(17,18)16-8-7-11(15)10-16;/h5-6,9,11H,3-4,7-8,10,15H2,1-2H3;1H/t11-;/m1./s1. The average molecular weight is 351 g/mol. The fourth-order valence-corrected chi connectivity index (χ4v) is 3.84. The van der Waals surface area contributed by atoms with Crippen molar-refractivity contribution in [1.29, 1.82) is 0 Å². The van der Waals surface area contributed by atoms with Gasteiger partial charge in [0.2, 0.25) is 10.0 Å². The van der Waals surface area contributed by atoms with E-state index in [0.717, 1.165) is 0 Å². The molecule has 22 heavy (non-hydrogen) atoms. The van der Waals surface area contributed by atoms with Crippen LogP contribution in [0, 0.1) is 0 Å². The molecule has 0 spiro atoms. The summed E-state index contributed by atoms with van der Waals surface area (Å²) in [5, 5.41) is 0. The van der Waals surface area contributed by atoms with Gasteiger partial charge < -0.3 is 15.2 Å². The average Bonchev–Trinajstić information content (AvgIpc) is 2.88. The van der Waals surface area contributed by atoms with E-state index < -0.39 is 10.0 Å². The Bertz CT molecular complexity index is 595. The molecule has 1 saturated heterocycles. The van der Waals surface area contributed by atoms with E-state index in [4.69, 9.17) is 15.2 Å². The predicted molar refractivity (Wildman–Crippen MR) is 87.4 cm³/mol. The van der Waals surface area contributed by atoms with E-state index in [1.807, 2.05) is 13.8 Å². The van der Waals surface area contributed by atoms with Crippen molar-refractivity contribution in [2.24, 2.45) is 5.73 Å². The zero-order valence-electron chi connectivity index (χ0n) is 12.8. The Kier molecular flexibility index (Phi) is 6.93. The lowest BCUT2D eigenvalue weighted by Gasteiger charge is -2.18. The molecule has 1 aliphatic heterocycles. The summed E-state index contributed by atoms with van der Waals surface area (Å²) < 4.78 is 37.5. The summed E-state index contributed by atoms with van der Waals surface area (Å²) in [4.78, 5) is 0.212. The first-order valence-corrected chi connectivity index (χ1v) is 8.58. The van der Waals surface area contributed by atoms with Crippen LogP contribution in [0.4, 0.5) is 0 Å². The van der Waals surface area contributed by atoms with Crippen molar-refractivity contribution < 1.29 is 17.9 Å². The third kappa shape index (κ3) is 4.04. The quantitative estimate of drug-likeness (QED) is 0.843. The maximum absolute atomic E-state index is 12.6. The molecule has 1 aromatic rings. The summed E-state index contributed by atoms with van der Waals surface area (Å²) >= 11 is 0. The first kappa shape index (κ1) is 19.0.